The molecule has 5 nitrogen and oxygen atoms in total. The van der Waals surface area contributed by atoms with Crippen LogP contribution in [0.4, 0.5) is 4.39 Å². The predicted octanol–water partition coefficient (Wildman–Crippen LogP) is 5.93. The highest BCUT2D eigenvalue weighted by molar-refractivity contribution is 5.88. The Hall–Kier alpha value is -3.51. The number of nitrogens with zero attached hydrogens (tertiary/aromatic N) is 1. The first-order valence-electron chi connectivity index (χ1n) is 11.6. The van der Waals surface area contributed by atoms with Gasteiger partial charge in [0, 0.05) is 23.7 Å². The minimum Gasteiger partial charge on any atom is -0.508 e. The molecule has 1 saturated heterocycles. The molecule has 2 unspecified atom stereocenters. The van der Waals surface area contributed by atoms with Crippen LogP contribution in [-0.2, 0) is 0 Å². The third-order valence-electron chi connectivity index (χ3n) is 6.47. The number of halogens is 1. The Morgan fingerprint density at radius 3 is 2.59 bits per heavy atom. The summed E-state index contributed by atoms with van der Waals surface area (Å²) in [6.07, 6.45) is 2.19. The molecular formula is C28H28FNO4. The first kappa shape index (κ1) is 22.3. The van der Waals surface area contributed by atoms with Gasteiger partial charge in [-0.1, -0.05) is 24.3 Å². The van der Waals surface area contributed by atoms with E-state index in [0.717, 1.165) is 35.2 Å². The van der Waals surface area contributed by atoms with Crippen molar-refractivity contribution >= 4 is 11.6 Å². The molecule has 3 aromatic carbocycles. The van der Waals surface area contributed by atoms with Gasteiger partial charge in [0.1, 0.15) is 35.7 Å². The average molecular weight is 462 g/mol. The lowest BCUT2D eigenvalue weighted by Crippen LogP contribution is -2.38. The fraction of sp³-hybridized carbons (Fsp3) is 0.286. The van der Waals surface area contributed by atoms with Crippen molar-refractivity contribution in [1.82, 2.24) is 4.90 Å². The molecule has 2 aliphatic rings. The van der Waals surface area contributed by atoms with Gasteiger partial charge in [0.25, 0.3) is 0 Å². The van der Waals surface area contributed by atoms with Crippen LogP contribution in [0.1, 0.15) is 42.6 Å². The maximum absolute atomic E-state index is 14.0. The molecule has 1 fully saturated rings. The van der Waals surface area contributed by atoms with Gasteiger partial charge in [-0.3, -0.25) is 4.90 Å². The van der Waals surface area contributed by atoms with Crippen LogP contribution >= 0.6 is 0 Å². The highest BCUT2D eigenvalue weighted by atomic mass is 19.1. The van der Waals surface area contributed by atoms with Gasteiger partial charge in [-0.2, -0.15) is 0 Å². The quantitative estimate of drug-likeness (QED) is 0.446. The van der Waals surface area contributed by atoms with E-state index in [-0.39, 0.29) is 17.5 Å². The second-order valence-corrected chi connectivity index (χ2v) is 8.91. The lowest BCUT2D eigenvalue weighted by molar-refractivity contribution is 0.0641. The maximum atomic E-state index is 14.0. The number of phenols is 2. The molecule has 176 valence electrons. The number of alkyl halides is 1. The second-order valence-electron chi connectivity index (χ2n) is 8.91. The number of fused-ring (bicyclic) bond motifs is 1. The van der Waals surface area contributed by atoms with Gasteiger partial charge < -0.3 is 19.7 Å². The number of benzene rings is 3. The molecule has 0 radical (unpaired) electrons. The van der Waals surface area contributed by atoms with E-state index < -0.39 is 12.4 Å². The number of ether oxygens (including phenoxy) is 2. The van der Waals surface area contributed by atoms with Crippen molar-refractivity contribution in [3.05, 3.63) is 83.4 Å². The van der Waals surface area contributed by atoms with Gasteiger partial charge in [0.05, 0.1) is 0 Å². The Balaban J connectivity index is 1.37. The van der Waals surface area contributed by atoms with Crippen molar-refractivity contribution in [3.63, 3.8) is 0 Å². The summed E-state index contributed by atoms with van der Waals surface area (Å²) in [5.74, 6) is 1.72. The summed E-state index contributed by atoms with van der Waals surface area (Å²) in [6.45, 7) is 3.18. The zero-order valence-electron chi connectivity index (χ0n) is 19.0. The van der Waals surface area contributed by atoms with Gasteiger partial charge in [0.15, 0.2) is 6.30 Å². The highest BCUT2D eigenvalue weighted by Crippen LogP contribution is 2.43. The highest BCUT2D eigenvalue weighted by Gasteiger charge is 2.29. The van der Waals surface area contributed by atoms with Crippen molar-refractivity contribution in [2.45, 2.75) is 38.2 Å². The van der Waals surface area contributed by atoms with Crippen LogP contribution in [0.5, 0.6) is 23.0 Å². The van der Waals surface area contributed by atoms with E-state index in [1.165, 1.54) is 0 Å². The summed E-state index contributed by atoms with van der Waals surface area (Å²) in [4.78, 5) is 1.85. The maximum Gasteiger partial charge on any atom is 0.154 e. The molecule has 2 N–H and O–H groups in total. The lowest BCUT2D eigenvalue weighted by atomic mass is 9.91. The minimum atomic E-state index is -0.878. The number of aromatic hydroxyl groups is 2. The van der Waals surface area contributed by atoms with Crippen molar-refractivity contribution in [3.8, 4) is 23.0 Å². The minimum absolute atomic E-state index is 0.00654. The van der Waals surface area contributed by atoms with Crippen molar-refractivity contribution in [1.29, 1.82) is 0 Å². The topological polar surface area (TPSA) is 62.2 Å². The monoisotopic (exact) mass is 461 g/mol. The average Bonchev–Trinajstić information content (AvgIpc) is 3.28. The third-order valence-corrected chi connectivity index (χ3v) is 6.47. The molecule has 0 aromatic heterocycles. The number of phenolic OH excluding ortho intramolecular Hbond substituents is 2. The smallest absolute Gasteiger partial charge is 0.154 e. The van der Waals surface area contributed by atoms with Crippen molar-refractivity contribution in [2.24, 2.45) is 0 Å². The molecular weight excluding hydrogens is 433 g/mol. The summed E-state index contributed by atoms with van der Waals surface area (Å²) in [6, 6.07) is 19.8. The summed E-state index contributed by atoms with van der Waals surface area (Å²) < 4.78 is 26.3. The molecule has 3 aromatic rings. The first-order valence-corrected chi connectivity index (χ1v) is 11.6. The largest absolute Gasteiger partial charge is 0.508 e. The summed E-state index contributed by atoms with van der Waals surface area (Å²) >= 11 is 0. The lowest BCUT2D eigenvalue weighted by Gasteiger charge is -2.28. The molecule has 0 amide bonds. The number of likely N-dealkylation sites (tertiary alicyclic amines) is 1. The zero-order valence-corrected chi connectivity index (χ0v) is 19.0. The van der Waals surface area contributed by atoms with Gasteiger partial charge in [0.2, 0.25) is 0 Å². The molecule has 2 aliphatic heterocycles. The number of hydrogen-bond donors (Lipinski definition) is 2. The van der Waals surface area contributed by atoms with Gasteiger partial charge in [-0.15, -0.1) is 0 Å². The summed E-state index contributed by atoms with van der Waals surface area (Å²) in [7, 11) is 0. The molecule has 0 saturated carbocycles. The second kappa shape index (κ2) is 9.39. The Morgan fingerprint density at radius 1 is 1.06 bits per heavy atom. The number of hydrogen-bond acceptors (Lipinski definition) is 5. The van der Waals surface area contributed by atoms with E-state index in [9.17, 15) is 14.6 Å². The van der Waals surface area contributed by atoms with Crippen molar-refractivity contribution < 1.29 is 24.1 Å². The van der Waals surface area contributed by atoms with Gasteiger partial charge >= 0.3 is 0 Å². The van der Waals surface area contributed by atoms with Gasteiger partial charge in [-0.05, 0) is 79.4 Å². The zero-order chi connectivity index (χ0) is 23.7. The number of rotatable bonds is 6. The standard InChI is InChI=1S/C28H28FNO4/c1-18(30-13-3-6-27(30)29)17-33-24-10-7-19(8-11-24)28-25(20-4-2-5-22(31)14-20)16-21-15-23(32)9-12-26(21)34-28/h2,4-5,7-12,14-16,18,27-28,31-32H,3,6,13,17H2,1H3/t18-,27?,28?/m0/s1. The molecule has 5 rings (SSSR count). The van der Waals surface area contributed by atoms with Crippen LogP contribution in [0.15, 0.2) is 66.7 Å². The normalized spacial score (nSPS) is 20.8. The first-order chi connectivity index (χ1) is 16.5. The van der Waals surface area contributed by atoms with Crippen LogP contribution in [0.25, 0.3) is 11.6 Å². The van der Waals surface area contributed by atoms with E-state index in [0.29, 0.717) is 24.5 Å². The summed E-state index contributed by atoms with van der Waals surface area (Å²) in [5.41, 5.74) is 3.41. The predicted molar refractivity (Wildman–Crippen MR) is 130 cm³/mol. The van der Waals surface area contributed by atoms with E-state index in [1.807, 2.05) is 48.2 Å². The Labute approximate surface area is 198 Å². The molecule has 6 heteroatoms. The van der Waals surface area contributed by atoms with Crippen LogP contribution in [0.3, 0.4) is 0 Å². The van der Waals surface area contributed by atoms with E-state index in [4.69, 9.17) is 9.47 Å². The fourth-order valence-corrected chi connectivity index (χ4v) is 4.65. The Morgan fingerprint density at radius 2 is 1.85 bits per heavy atom. The third kappa shape index (κ3) is 4.59. The molecule has 34 heavy (non-hydrogen) atoms. The van der Waals surface area contributed by atoms with Crippen LogP contribution in [0.2, 0.25) is 0 Å². The van der Waals surface area contributed by atoms with E-state index in [1.54, 1.807) is 36.4 Å². The van der Waals surface area contributed by atoms with E-state index >= 15 is 0 Å². The Bertz CT molecular complexity index is 1190. The molecule has 0 spiro atoms. The van der Waals surface area contributed by atoms with Crippen LogP contribution < -0.4 is 9.47 Å². The molecule has 0 aliphatic carbocycles. The summed E-state index contributed by atoms with van der Waals surface area (Å²) in [5, 5.41) is 19.9. The van der Waals surface area contributed by atoms with Crippen LogP contribution in [0, 0.1) is 0 Å². The Kier molecular flexibility index (Phi) is 6.16. The fourth-order valence-electron chi connectivity index (χ4n) is 4.65. The van der Waals surface area contributed by atoms with Crippen molar-refractivity contribution in [2.75, 3.05) is 13.2 Å². The van der Waals surface area contributed by atoms with Gasteiger partial charge in [-0.25, -0.2) is 4.39 Å². The SMILES string of the molecule is C[C@@H](COc1ccc(C2Oc3ccc(O)cc3C=C2c2cccc(O)c2)cc1)N1CCCC1F. The van der Waals surface area contributed by atoms with Crippen LogP contribution in [-0.4, -0.2) is 40.6 Å². The molecule has 3 atom stereocenters. The molecule has 0 bridgehead atoms. The van der Waals surface area contributed by atoms with E-state index in [2.05, 4.69) is 0 Å². The molecule has 2 heterocycles.